The van der Waals surface area contributed by atoms with E-state index in [-0.39, 0.29) is 17.5 Å². The fraction of sp³-hybridized carbons (Fsp3) is 0.0909. The van der Waals surface area contributed by atoms with E-state index in [1.807, 2.05) is 0 Å². The highest BCUT2D eigenvalue weighted by Crippen LogP contribution is 2.21. The average molecular weight is 234 g/mol. The summed E-state index contributed by atoms with van der Waals surface area (Å²) in [6, 6.07) is 6.41. The first kappa shape index (κ1) is 11.0. The Hall–Kier alpha value is -2.50. The van der Waals surface area contributed by atoms with Gasteiger partial charge < -0.3 is 19.9 Å². The van der Waals surface area contributed by atoms with Crippen LogP contribution in [0.1, 0.15) is 16.2 Å². The van der Waals surface area contributed by atoms with Gasteiger partial charge in [0.25, 0.3) is 6.01 Å². The standard InChI is InChI=1S/C11H10N2O4/c1-6-9(10(15)16)17-11(12-6)13-7-3-2-4-8(14)5-7/h2-5,14H,1H3,(H,12,13)(H,15,16). The quantitative estimate of drug-likeness (QED) is 0.752. The molecule has 0 bridgehead atoms. The van der Waals surface area contributed by atoms with Crippen LogP contribution in [0.3, 0.4) is 0 Å². The van der Waals surface area contributed by atoms with Crippen molar-refractivity contribution in [2.75, 3.05) is 5.32 Å². The largest absolute Gasteiger partial charge is 0.508 e. The van der Waals surface area contributed by atoms with E-state index >= 15 is 0 Å². The minimum atomic E-state index is -1.17. The molecule has 0 saturated carbocycles. The van der Waals surface area contributed by atoms with E-state index in [0.29, 0.717) is 11.4 Å². The van der Waals surface area contributed by atoms with Gasteiger partial charge in [0.1, 0.15) is 5.75 Å². The fourth-order valence-electron chi connectivity index (χ4n) is 1.36. The van der Waals surface area contributed by atoms with Crippen LogP contribution in [0.25, 0.3) is 0 Å². The highest BCUT2D eigenvalue weighted by Gasteiger charge is 2.16. The van der Waals surface area contributed by atoms with E-state index in [4.69, 9.17) is 9.52 Å². The van der Waals surface area contributed by atoms with E-state index in [1.165, 1.54) is 12.1 Å². The van der Waals surface area contributed by atoms with Gasteiger partial charge in [-0.05, 0) is 19.1 Å². The van der Waals surface area contributed by atoms with Gasteiger partial charge in [-0.15, -0.1) is 0 Å². The maximum Gasteiger partial charge on any atom is 0.373 e. The van der Waals surface area contributed by atoms with Crippen LogP contribution in [0.4, 0.5) is 11.7 Å². The van der Waals surface area contributed by atoms with Crippen LogP contribution < -0.4 is 5.32 Å². The summed E-state index contributed by atoms with van der Waals surface area (Å²) in [4.78, 5) is 14.7. The summed E-state index contributed by atoms with van der Waals surface area (Å²) in [5.74, 6) is -1.27. The predicted molar refractivity (Wildman–Crippen MR) is 59.6 cm³/mol. The highest BCUT2D eigenvalue weighted by atomic mass is 16.4. The lowest BCUT2D eigenvalue weighted by atomic mass is 10.3. The summed E-state index contributed by atoms with van der Waals surface area (Å²) >= 11 is 0. The van der Waals surface area contributed by atoms with E-state index in [1.54, 1.807) is 19.1 Å². The Balaban J connectivity index is 2.25. The number of carboxylic acids is 1. The first-order valence-corrected chi connectivity index (χ1v) is 4.83. The summed E-state index contributed by atoms with van der Waals surface area (Å²) in [6.07, 6.45) is 0. The van der Waals surface area contributed by atoms with Crippen molar-refractivity contribution in [3.8, 4) is 5.75 Å². The van der Waals surface area contributed by atoms with Crippen molar-refractivity contribution < 1.29 is 19.4 Å². The van der Waals surface area contributed by atoms with Gasteiger partial charge in [0.05, 0.1) is 5.69 Å². The topological polar surface area (TPSA) is 95.6 Å². The zero-order chi connectivity index (χ0) is 12.4. The van der Waals surface area contributed by atoms with E-state index in [2.05, 4.69) is 10.3 Å². The number of phenolic OH excluding ortho intramolecular Hbond substituents is 1. The summed E-state index contributed by atoms with van der Waals surface area (Å²) in [5, 5.41) is 20.8. The Morgan fingerprint density at radius 2 is 2.24 bits per heavy atom. The Bertz CT molecular complexity index is 562. The Morgan fingerprint density at radius 1 is 1.47 bits per heavy atom. The van der Waals surface area contributed by atoms with E-state index in [0.717, 1.165) is 0 Å². The number of aryl methyl sites for hydroxylation is 1. The van der Waals surface area contributed by atoms with Crippen LogP contribution in [0, 0.1) is 6.92 Å². The number of carboxylic acid groups (broad SMARTS) is 1. The smallest absolute Gasteiger partial charge is 0.373 e. The van der Waals surface area contributed by atoms with Gasteiger partial charge in [0.2, 0.25) is 5.76 Å². The number of benzene rings is 1. The lowest BCUT2D eigenvalue weighted by Crippen LogP contribution is -1.95. The van der Waals surface area contributed by atoms with Crippen LogP contribution in [-0.4, -0.2) is 21.2 Å². The lowest BCUT2D eigenvalue weighted by molar-refractivity contribution is 0.0662. The number of carbonyl (C=O) groups is 1. The van der Waals surface area contributed by atoms with Crippen LogP contribution in [0.2, 0.25) is 0 Å². The molecule has 0 aliphatic rings. The molecular weight excluding hydrogens is 224 g/mol. The number of oxazole rings is 1. The van der Waals surface area contributed by atoms with Crippen molar-refractivity contribution in [3.63, 3.8) is 0 Å². The predicted octanol–water partition coefficient (Wildman–Crippen LogP) is 2.13. The number of hydrogen-bond donors (Lipinski definition) is 3. The molecule has 88 valence electrons. The molecule has 0 spiro atoms. The number of nitrogens with zero attached hydrogens (tertiary/aromatic N) is 1. The number of aromatic hydroxyl groups is 1. The maximum absolute atomic E-state index is 10.7. The second-order valence-corrected chi connectivity index (χ2v) is 3.41. The summed E-state index contributed by atoms with van der Waals surface area (Å²) < 4.78 is 5.02. The van der Waals surface area contributed by atoms with Gasteiger partial charge in [-0.2, -0.15) is 4.98 Å². The van der Waals surface area contributed by atoms with Crippen molar-refractivity contribution in [2.45, 2.75) is 6.92 Å². The molecule has 6 nitrogen and oxygen atoms in total. The molecular formula is C11H10N2O4. The molecule has 0 atom stereocenters. The number of anilines is 2. The second-order valence-electron chi connectivity index (χ2n) is 3.41. The molecule has 6 heteroatoms. The minimum absolute atomic E-state index is 0.0745. The number of phenols is 1. The van der Waals surface area contributed by atoms with Crippen LogP contribution in [0.15, 0.2) is 28.7 Å². The molecule has 0 radical (unpaired) electrons. The molecule has 0 aliphatic carbocycles. The third kappa shape index (κ3) is 2.36. The molecule has 1 aromatic carbocycles. The van der Waals surface area contributed by atoms with Gasteiger partial charge >= 0.3 is 5.97 Å². The molecule has 1 aromatic heterocycles. The number of aromatic nitrogens is 1. The number of hydrogen-bond acceptors (Lipinski definition) is 5. The second kappa shape index (κ2) is 4.17. The summed E-state index contributed by atoms with van der Waals surface area (Å²) in [7, 11) is 0. The third-order valence-electron chi connectivity index (χ3n) is 2.09. The van der Waals surface area contributed by atoms with Crippen molar-refractivity contribution in [1.29, 1.82) is 0 Å². The Kier molecular flexibility index (Phi) is 2.70. The first-order chi connectivity index (χ1) is 8.06. The monoisotopic (exact) mass is 234 g/mol. The zero-order valence-electron chi connectivity index (χ0n) is 8.97. The molecule has 0 aliphatic heterocycles. The SMILES string of the molecule is Cc1nc(Nc2cccc(O)c2)oc1C(=O)O. The zero-order valence-corrected chi connectivity index (χ0v) is 8.97. The van der Waals surface area contributed by atoms with Gasteiger partial charge in [-0.25, -0.2) is 4.79 Å². The van der Waals surface area contributed by atoms with Crippen LogP contribution >= 0.6 is 0 Å². The fourth-order valence-corrected chi connectivity index (χ4v) is 1.36. The van der Waals surface area contributed by atoms with Crippen LogP contribution in [0.5, 0.6) is 5.75 Å². The third-order valence-corrected chi connectivity index (χ3v) is 2.09. The van der Waals surface area contributed by atoms with E-state index in [9.17, 15) is 9.90 Å². The van der Waals surface area contributed by atoms with Gasteiger partial charge in [-0.1, -0.05) is 6.07 Å². The van der Waals surface area contributed by atoms with Gasteiger partial charge in [-0.3, -0.25) is 0 Å². The normalized spacial score (nSPS) is 10.2. The maximum atomic E-state index is 10.7. The minimum Gasteiger partial charge on any atom is -0.508 e. The van der Waals surface area contributed by atoms with Crippen LogP contribution in [-0.2, 0) is 0 Å². The van der Waals surface area contributed by atoms with Crippen molar-refractivity contribution in [2.24, 2.45) is 0 Å². The molecule has 0 saturated heterocycles. The summed E-state index contributed by atoms with van der Waals surface area (Å²) in [5.41, 5.74) is 0.850. The molecule has 1 heterocycles. The van der Waals surface area contributed by atoms with Crippen molar-refractivity contribution in [1.82, 2.24) is 4.98 Å². The molecule has 0 unspecified atom stereocenters. The number of rotatable bonds is 3. The molecule has 0 fully saturated rings. The molecule has 2 aromatic rings. The molecule has 2 rings (SSSR count). The Morgan fingerprint density at radius 3 is 2.82 bits per heavy atom. The highest BCUT2D eigenvalue weighted by molar-refractivity contribution is 5.85. The first-order valence-electron chi connectivity index (χ1n) is 4.83. The van der Waals surface area contributed by atoms with E-state index < -0.39 is 5.97 Å². The number of nitrogens with one attached hydrogen (secondary N) is 1. The lowest BCUT2D eigenvalue weighted by Gasteiger charge is -2.01. The molecule has 17 heavy (non-hydrogen) atoms. The number of aromatic carboxylic acids is 1. The van der Waals surface area contributed by atoms with Crippen molar-refractivity contribution in [3.05, 3.63) is 35.7 Å². The van der Waals surface area contributed by atoms with Gasteiger partial charge in [0.15, 0.2) is 0 Å². The Labute approximate surface area is 96.5 Å². The van der Waals surface area contributed by atoms with Crippen molar-refractivity contribution >= 4 is 17.7 Å². The molecule has 3 N–H and O–H groups in total. The molecule has 0 amide bonds. The summed E-state index contributed by atoms with van der Waals surface area (Å²) in [6.45, 7) is 1.54. The van der Waals surface area contributed by atoms with Gasteiger partial charge in [0, 0.05) is 11.8 Å². The average Bonchev–Trinajstić information content (AvgIpc) is 2.59.